The fraction of sp³-hybridized carbons (Fsp3) is 0.923. The molecule has 0 aromatic carbocycles. The van der Waals surface area contributed by atoms with Crippen LogP contribution in [-0.4, -0.2) is 36.5 Å². The normalized spacial score (nSPS) is 32.2. The van der Waals surface area contributed by atoms with Gasteiger partial charge < -0.3 is 10.2 Å². The van der Waals surface area contributed by atoms with Gasteiger partial charge in [-0.1, -0.05) is 26.2 Å². The quantitative estimate of drug-likeness (QED) is 0.736. The van der Waals surface area contributed by atoms with Gasteiger partial charge in [0.05, 0.1) is 6.04 Å². The van der Waals surface area contributed by atoms with Gasteiger partial charge in [-0.15, -0.1) is 0 Å². The van der Waals surface area contributed by atoms with Gasteiger partial charge in [0.2, 0.25) is 5.91 Å². The second-order valence-electron chi connectivity index (χ2n) is 5.29. The zero-order valence-electron chi connectivity index (χ0n) is 10.4. The van der Waals surface area contributed by atoms with Crippen molar-refractivity contribution in [1.82, 2.24) is 10.2 Å². The van der Waals surface area contributed by atoms with E-state index in [4.69, 9.17) is 0 Å². The van der Waals surface area contributed by atoms with Crippen LogP contribution < -0.4 is 5.32 Å². The molecule has 2 fully saturated rings. The van der Waals surface area contributed by atoms with Crippen LogP contribution in [0.3, 0.4) is 0 Å². The summed E-state index contributed by atoms with van der Waals surface area (Å²) in [4.78, 5) is 14.4. The molecule has 2 aliphatic rings. The van der Waals surface area contributed by atoms with Gasteiger partial charge in [-0.05, 0) is 31.7 Å². The van der Waals surface area contributed by atoms with Crippen molar-refractivity contribution in [2.45, 2.75) is 51.5 Å². The molecule has 16 heavy (non-hydrogen) atoms. The van der Waals surface area contributed by atoms with Crippen LogP contribution in [0.4, 0.5) is 0 Å². The highest BCUT2D eigenvalue weighted by Gasteiger charge is 2.32. The van der Waals surface area contributed by atoms with Crippen molar-refractivity contribution in [2.75, 3.05) is 19.6 Å². The van der Waals surface area contributed by atoms with Crippen LogP contribution in [-0.2, 0) is 4.79 Å². The smallest absolute Gasteiger partial charge is 0.239 e. The van der Waals surface area contributed by atoms with Crippen molar-refractivity contribution in [3.8, 4) is 0 Å². The summed E-state index contributed by atoms with van der Waals surface area (Å²) in [5.74, 6) is 0.866. The molecule has 3 heteroatoms. The Balaban J connectivity index is 1.91. The molecule has 0 aliphatic carbocycles. The molecule has 0 bridgehead atoms. The first kappa shape index (κ1) is 11.9. The number of nitrogens with zero attached hydrogens (tertiary/aromatic N) is 1. The molecule has 2 heterocycles. The van der Waals surface area contributed by atoms with Crippen LogP contribution in [0.2, 0.25) is 0 Å². The molecule has 3 nitrogen and oxygen atoms in total. The van der Waals surface area contributed by atoms with E-state index in [9.17, 15) is 4.79 Å². The summed E-state index contributed by atoms with van der Waals surface area (Å²) in [6.45, 7) is 5.14. The maximum absolute atomic E-state index is 12.3. The van der Waals surface area contributed by atoms with Gasteiger partial charge >= 0.3 is 0 Å². The third-order valence-electron chi connectivity index (χ3n) is 3.97. The van der Waals surface area contributed by atoms with Crippen molar-refractivity contribution in [2.24, 2.45) is 5.92 Å². The summed E-state index contributed by atoms with van der Waals surface area (Å²) in [5.41, 5.74) is 0. The molecular formula is C13H24N2O. The molecular weight excluding hydrogens is 200 g/mol. The van der Waals surface area contributed by atoms with Crippen LogP contribution in [0, 0.1) is 5.92 Å². The van der Waals surface area contributed by atoms with Crippen molar-refractivity contribution in [3.63, 3.8) is 0 Å². The fourth-order valence-electron chi connectivity index (χ4n) is 2.83. The highest BCUT2D eigenvalue weighted by atomic mass is 16.2. The van der Waals surface area contributed by atoms with Gasteiger partial charge in [-0.3, -0.25) is 4.79 Å². The van der Waals surface area contributed by atoms with E-state index in [1.54, 1.807) is 0 Å². The minimum Gasteiger partial charge on any atom is -0.341 e. The monoisotopic (exact) mass is 224 g/mol. The van der Waals surface area contributed by atoms with Crippen molar-refractivity contribution >= 4 is 5.91 Å². The van der Waals surface area contributed by atoms with Crippen LogP contribution in [0.5, 0.6) is 0 Å². The van der Waals surface area contributed by atoms with Gasteiger partial charge in [0.25, 0.3) is 0 Å². The first-order chi connectivity index (χ1) is 7.79. The van der Waals surface area contributed by atoms with E-state index in [2.05, 4.69) is 17.1 Å². The summed E-state index contributed by atoms with van der Waals surface area (Å²) in [6, 6.07) is 0.0967. The Morgan fingerprint density at radius 2 is 1.75 bits per heavy atom. The lowest BCUT2D eigenvalue weighted by atomic mass is 10.0. The number of hydrogen-bond donors (Lipinski definition) is 1. The maximum Gasteiger partial charge on any atom is 0.239 e. The maximum atomic E-state index is 12.3. The summed E-state index contributed by atoms with van der Waals surface area (Å²) in [5, 5.41) is 3.35. The number of hydrogen-bond acceptors (Lipinski definition) is 2. The molecule has 2 unspecified atom stereocenters. The third kappa shape index (κ3) is 2.76. The average molecular weight is 224 g/mol. The lowest BCUT2D eigenvalue weighted by Crippen LogP contribution is -2.46. The Morgan fingerprint density at radius 3 is 2.31 bits per heavy atom. The predicted molar refractivity (Wildman–Crippen MR) is 65.2 cm³/mol. The van der Waals surface area contributed by atoms with E-state index in [0.717, 1.165) is 26.1 Å². The third-order valence-corrected chi connectivity index (χ3v) is 3.97. The molecule has 2 saturated heterocycles. The molecule has 0 radical (unpaired) electrons. The van der Waals surface area contributed by atoms with Crippen LogP contribution in [0.15, 0.2) is 0 Å². The lowest BCUT2D eigenvalue weighted by Gasteiger charge is -2.28. The molecule has 0 aromatic rings. The highest BCUT2D eigenvalue weighted by molar-refractivity contribution is 5.82. The van der Waals surface area contributed by atoms with E-state index < -0.39 is 0 Å². The molecule has 1 N–H and O–H groups in total. The Hall–Kier alpha value is -0.570. The van der Waals surface area contributed by atoms with Crippen LogP contribution in [0.25, 0.3) is 0 Å². The van der Waals surface area contributed by atoms with Crippen LogP contribution in [0.1, 0.15) is 45.4 Å². The van der Waals surface area contributed by atoms with Gasteiger partial charge in [0, 0.05) is 13.1 Å². The number of likely N-dealkylation sites (tertiary alicyclic amines) is 1. The molecule has 0 aromatic heterocycles. The fourth-order valence-corrected chi connectivity index (χ4v) is 2.83. The average Bonchev–Trinajstić information content (AvgIpc) is 2.63. The van der Waals surface area contributed by atoms with Crippen molar-refractivity contribution in [3.05, 3.63) is 0 Å². The van der Waals surface area contributed by atoms with Gasteiger partial charge in [-0.2, -0.15) is 0 Å². The summed E-state index contributed by atoms with van der Waals surface area (Å²) in [6.07, 6.45) is 7.44. The van der Waals surface area contributed by atoms with Gasteiger partial charge in [-0.25, -0.2) is 0 Å². The predicted octanol–water partition coefficient (Wildman–Crippen LogP) is 1.78. The summed E-state index contributed by atoms with van der Waals surface area (Å²) >= 11 is 0. The van der Waals surface area contributed by atoms with E-state index >= 15 is 0 Å². The molecule has 2 rings (SSSR count). The number of carbonyl (C=O) groups is 1. The number of carbonyl (C=O) groups excluding carboxylic acids is 1. The first-order valence-corrected chi connectivity index (χ1v) is 6.81. The largest absolute Gasteiger partial charge is 0.341 e. The minimum atomic E-state index is 0.0967. The second kappa shape index (κ2) is 5.67. The van der Waals surface area contributed by atoms with E-state index in [0.29, 0.717) is 11.8 Å². The number of nitrogens with one attached hydrogen (secondary N) is 1. The molecule has 92 valence electrons. The van der Waals surface area contributed by atoms with E-state index in [-0.39, 0.29) is 6.04 Å². The van der Waals surface area contributed by atoms with Crippen LogP contribution >= 0.6 is 0 Å². The zero-order valence-corrected chi connectivity index (χ0v) is 10.4. The molecule has 2 atom stereocenters. The topological polar surface area (TPSA) is 32.3 Å². The minimum absolute atomic E-state index is 0.0967. The summed E-state index contributed by atoms with van der Waals surface area (Å²) in [7, 11) is 0. The molecule has 0 saturated carbocycles. The number of rotatable bonds is 1. The first-order valence-electron chi connectivity index (χ1n) is 6.81. The Labute approximate surface area is 98.6 Å². The molecule has 1 amide bonds. The Kier molecular flexibility index (Phi) is 4.22. The second-order valence-corrected chi connectivity index (χ2v) is 5.29. The standard InChI is InChI=1S/C13H24N2O/c1-11-7-8-14-12(11)13(16)15-9-5-3-2-4-6-10-15/h11-12,14H,2-10H2,1H3. The highest BCUT2D eigenvalue weighted by Crippen LogP contribution is 2.18. The van der Waals surface area contributed by atoms with Crippen molar-refractivity contribution in [1.29, 1.82) is 0 Å². The zero-order chi connectivity index (χ0) is 11.4. The lowest BCUT2D eigenvalue weighted by molar-refractivity contribution is -0.134. The van der Waals surface area contributed by atoms with Crippen molar-refractivity contribution < 1.29 is 4.79 Å². The SMILES string of the molecule is CC1CCNC1C(=O)N1CCCCCCC1. The summed E-state index contributed by atoms with van der Waals surface area (Å²) < 4.78 is 0. The van der Waals surface area contributed by atoms with Gasteiger partial charge in [0.1, 0.15) is 0 Å². The molecule has 0 spiro atoms. The molecule has 2 aliphatic heterocycles. The van der Waals surface area contributed by atoms with E-state index in [1.165, 1.54) is 32.1 Å². The van der Waals surface area contributed by atoms with Gasteiger partial charge in [0.15, 0.2) is 0 Å². The number of amides is 1. The Bertz CT molecular complexity index is 234. The van der Waals surface area contributed by atoms with E-state index in [1.807, 2.05) is 0 Å². The Morgan fingerprint density at radius 1 is 1.12 bits per heavy atom.